The summed E-state index contributed by atoms with van der Waals surface area (Å²) in [6.45, 7) is 20.2. The highest BCUT2D eigenvalue weighted by molar-refractivity contribution is 5.85. The van der Waals surface area contributed by atoms with Crippen molar-refractivity contribution in [2.24, 2.45) is 5.92 Å². The van der Waals surface area contributed by atoms with Crippen LogP contribution in [0, 0.1) is 5.92 Å². The van der Waals surface area contributed by atoms with Crippen LogP contribution in [0.25, 0.3) is 0 Å². The topological polar surface area (TPSA) is 48.0 Å². The van der Waals surface area contributed by atoms with Gasteiger partial charge < -0.3 is 24.8 Å². The lowest BCUT2D eigenvalue weighted by molar-refractivity contribution is 0.0180. The van der Waals surface area contributed by atoms with Crippen LogP contribution in [0.3, 0.4) is 0 Å². The molecule has 3 aliphatic heterocycles. The van der Waals surface area contributed by atoms with E-state index in [0.29, 0.717) is 5.92 Å². The molecule has 1 aromatic carbocycles. The van der Waals surface area contributed by atoms with Crippen molar-refractivity contribution in [3.05, 3.63) is 60.7 Å². The van der Waals surface area contributed by atoms with E-state index in [2.05, 4.69) is 60.1 Å². The molecule has 0 bridgehead atoms. The van der Waals surface area contributed by atoms with Gasteiger partial charge in [0, 0.05) is 31.5 Å². The van der Waals surface area contributed by atoms with E-state index in [4.69, 9.17) is 4.74 Å². The third-order valence-corrected chi connectivity index (χ3v) is 7.70. The molecule has 2 fully saturated rings. The van der Waals surface area contributed by atoms with Crippen molar-refractivity contribution in [2.45, 2.75) is 83.8 Å². The summed E-state index contributed by atoms with van der Waals surface area (Å²) in [5.74, 6) is 1.71. The molecule has 196 valence electrons. The Balaban J connectivity index is 1.30. The Morgan fingerprint density at radius 1 is 1.11 bits per heavy atom. The number of carbonyl (C=O) groups excluding carboxylic acids is 1. The number of unbranched alkanes of at least 4 members (excludes halogenated alkanes) is 1. The maximum atomic E-state index is 12.3. The lowest BCUT2D eigenvalue weighted by Crippen LogP contribution is -2.42. The van der Waals surface area contributed by atoms with Crippen LogP contribution in [0.1, 0.15) is 71.3 Å². The second-order valence-corrected chi connectivity index (χ2v) is 11.6. The van der Waals surface area contributed by atoms with Gasteiger partial charge in [-0.1, -0.05) is 44.7 Å². The molecule has 3 heterocycles. The SMILES string of the molecule is C=C1CCC(N2C(=C)N(C)c3c(CCCCC4CCN(C(=O)OC(C)(C)C)CC4)cccc32)C(=C)N1. The maximum absolute atomic E-state index is 12.3. The Kier molecular flexibility index (Phi) is 7.72. The zero-order valence-corrected chi connectivity index (χ0v) is 22.7. The van der Waals surface area contributed by atoms with Crippen molar-refractivity contribution in [1.29, 1.82) is 0 Å². The average Bonchev–Trinajstić information content (AvgIpc) is 3.07. The summed E-state index contributed by atoms with van der Waals surface area (Å²) in [5.41, 5.74) is 5.51. The molecule has 4 rings (SSSR count). The first-order chi connectivity index (χ1) is 17.0. The lowest BCUT2D eigenvalue weighted by atomic mass is 9.91. The summed E-state index contributed by atoms with van der Waals surface area (Å²) in [6, 6.07) is 6.84. The molecule has 3 aliphatic rings. The molecular formula is C30H44N4O2. The van der Waals surface area contributed by atoms with E-state index in [1.807, 2.05) is 25.7 Å². The summed E-state index contributed by atoms with van der Waals surface area (Å²) >= 11 is 0. The number of benzene rings is 1. The minimum Gasteiger partial charge on any atom is -0.444 e. The Bertz CT molecular complexity index is 1020. The van der Waals surface area contributed by atoms with Gasteiger partial charge in [-0.05, 0) is 76.8 Å². The van der Waals surface area contributed by atoms with E-state index in [1.165, 1.54) is 36.2 Å². The van der Waals surface area contributed by atoms with Crippen LogP contribution >= 0.6 is 0 Å². The average molecular weight is 493 g/mol. The zero-order chi connectivity index (χ0) is 26.0. The quantitative estimate of drug-likeness (QED) is 0.456. The Morgan fingerprint density at radius 2 is 1.83 bits per heavy atom. The second kappa shape index (κ2) is 10.6. The Labute approximate surface area is 217 Å². The van der Waals surface area contributed by atoms with Gasteiger partial charge in [0.25, 0.3) is 0 Å². The van der Waals surface area contributed by atoms with E-state index in [1.54, 1.807) is 0 Å². The molecule has 1 aromatic rings. The van der Waals surface area contributed by atoms with Crippen LogP contribution < -0.4 is 15.1 Å². The molecule has 36 heavy (non-hydrogen) atoms. The molecular weight excluding hydrogens is 448 g/mol. The van der Waals surface area contributed by atoms with Crippen molar-refractivity contribution in [3.8, 4) is 0 Å². The van der Waals surface area contributed by atoms with Crippen molar-refractivity contribution in [1.82, 2.24) is 10.2 Å². The summed E-state index contributed by atoms with van der Waals surface area (Å²) in [5, 5.41) is 3.36. The van der Waals surface area contributed by atoms with Crippen LogP contribution in [0.2, 0.25) is 0 Å². The largest absolute Gasteiger partial charge is 0.444 e. The number of nitrogens with zero attached hydrogens (tertiary/aromatic N) is 3. The van der Waals surface area contributed by atoms with Gasteiger partial charge in [-0.15, -0.1) is 0 Å². The molecule has 6 nitrogen and oxygen atoms in total. The maximum Gasteiger partial charge on any atom is 0.410 e. The summed E-state index contributed by atoms with van der Waals surface area (Å²) in [7, 11) is 2.13. The molecule has 1 amide bonds. The number of carbonyl (C=O) groups is 1. The monoisotopic (exact) mass is 492 g/mol. The van der Waals surface area contributed by atoms with Crippen molar-refractivity contribution in [2.75, 3.05) is 29.9 Å². The molecule has 2 saturated heterocycles. The number of hydrogen-bond acceptors (Lipinski definition) is 5. The summed E-state index contributed by atoms with van der Waals surface area (Å²) < 4.78 is 5.53. The number of ether oxygens (including phenoxy) is 1. The number of rotatable bonds is 6. The Hall–Kier alpha value is -2.89. The fourth-order valence-electron chi connectivity index (χ4n) is 5.76. The lowest BCUT2D eigenvalue weighted by Gasteiger charge is -2.36. The molecule has 1 N–H and O–H groups in total. The predicted molar refractivity (Wildman–Crippen MR) is 149 cm³/mol. The number of fused-ring (bicyclic) bond motifs is 1. The van der Waals surface area contributed by atoms with Crippen LogP contribution in [0.15, 0.2) is 55.2 Å². The molecule has 0 saturated carbocycles. The molecule has 1 unspecified atom stereocenters. The normalized spacial score (nSPS) is 21.1. The first-order valence-electron chi connectivity index (χ1n) is 13.5. The minimum absolute atomic E-state index is 0.170. The first-order valence-corrected chi connectivity index (χ1v) is 13.5. The molecule has 0 aliphatic carbocycles. The van der Waals surface area contributed by atoms with Crippen LogP contribution in [0.5, 0.6) is 0 Å². The second-order valence-electron chi connectivity index (χ2n) is 11.6. The molecule has 0 aromatic heterocycles. The summed E-state index contributed by atoms with van der Waals surface area (Å²) in [6.07, 6.45) is 8.58. The van der Waals surface area contributed by atoms with E-state index >= 15 is 0 Å². The van der Waals surface area contributed by atoms with Gasteiger partial charge in [0.15, 0.2) is 0 Å². The van der Waals surface area contributed by atoms with Crippen molar-refractivity contribution >= 4 is 17.5 Å². The Morgan fingerprint density at radius 3 is 2.50 bits per heavy atom. The van der Waals surface area contributed by atoms with Gasteiger partial charge in [0.05, 0.1) is 17.4 Å². The number of anilines is 2. The predicted octanol–water partition coefficient (Wildman–Crippen LogP) is 6.55. The van der Waals surface area contributed by atoms with Crippen LogP contribution in [-0.2, 0) is 11.2 Å². The zero-order valence-electron chi connectivity index (χ0n) is 22.7. The van der Waals surface area contributed by atoms with Gasteiger partial charge in [-0.2, -0.15) is 0 Å². The summed E-state index contributed by atoms with van der Waals surface area (Å²) in [4.78, 5) is 18.8. The number of nitrogens with one attached hydrogen (secondary N) is 1. The van der Waals surface area contributed by atoms with E-state index < -0.39 is 5.60 Å². The van der Waals surface area contributed by atoms with Crippen LogP contribution in [0.4, 0.5) is 16.2 Å². The van der Waals surface area contributed by atoms with Gasteiger partial charge in [-0.25, -0.2) is 4.79 Å². The number of aryl methyl sites for hydroxylation is 1. The van der Waals surface area contributed by atoms with E-state index in [9.17, 15) is 4.79 Å². The standard InChI is InChI=1S/C30H44N4O2/c1-21-15-16-26(22(2)31-21)34-23(3)32(7)28-25(13-10-14-27(28)34)12-9-8-11-24-17-19-33(20-18-24)29(35)36-30(4,5)6/h10,13-14,24,26,31H,1-3,8-9,11-12,15-20H2,4-7H3. The van der Waals surface area contributed by atoms with Gasteiger partial charge in [0.2, 0.25) is 0 Å². The fraction of sp³-hybridized carbons (Fsp3) is 0.567. The number of amides is 1. The minimum atomic E-state index is -0.431. The number of para-hydroxylation sites is 1. The molecule has 0 radical (unpaired) electrons. The van der Waals surface area contributed by atoms with Gasteiger partial charge in [0.1, 0.15) is 11.4 Å². The van der Waals surface area contributed by atoms with E-state index in [0.717, 1.165) is 62.4 Å². The van der Waals surface area contributed by atoms with Gasteiger partial charge in [-0.3, -0.25) is 0 Å². The number of piperidine rings is 2. The number of likely N-dealkylation sites (tertiary alicyclic amines) is 1. The van der Waals surface area contributed by atoms with Crippen LogP contribution in [-0.4, -0.2) is 42.8 Å². The smallest absolute Gasteiger partial charge is 0.410 e. The van der Waals surface area contributed by atoms with Gasteiger partial charge >= 0.3 is 6.09 Å². The number of allylic oxidation sites excluding steroid dienone is 1. The van der Waals surface area contributed by atoms with E-state index in [-0.39, 0.29) is 12.1 Å². The third-order valence-electron chi connectivity index (χ3n) is 7.70. The highest BCUT2D eigenvalue weighted by Gasteiger charge is 2.36. The third kappa shape index (κ3) is 5.74. The number of hydrogen-bond donors (Lipinski definition) is 1. The highest BCUT2D eigenvalue weighted by Crippen LogP contribution is 2.46. The first kappa shape index (κ1) is 26.2. The van der Waals surface area contributed by atoms with Crippen molar-refractivity contribution < 1.29 is 9.53 Å². The molecule has 1 atom stereocenters. The molecule has 0 spiro atoms. The highest BCUT2D eigenvalue weighted by atomic mass is 16.6. The van der Waals surface area contributed by atoms with Crippen molar-refractivity contribution in [3.63, 3.8) is 0 Å². The molecule has 6 heteroatoms. The fourth-order valence-corrected chi connectivity index (χ4v) is 5.76.